The zero-order valence-corrected chi connectivity index (χ0v) is 35.1. The number of hydrogen-bond acceptors (Lipinski definition) is 13. The first kappa shape index (κ1) is 42.2. The summed E-state index contributed by atoms with van der Waals surface area (Å²) >= 11 is 0. The molecule has 0 bridgehead atoms. The lowest BCUT2D eigenvalue weighted by Crippen LogP contribution is -2.54. The Hall–Kier alpha value is -6.55. The highest BCUT2D eigenvalue weighted by Crippen LogP contribution is 2.33. The second-order valence-electron chi connectivity index (χ2n) is 16.8. The van der Waals surface area contributed by atoms with Crippen molar-refractivity contribution in [2.75, 3.05) is 64.3 Å². The molecule has 5 heterocycles. The number of nitrogens with zero attached hydrogens (tertiary/aromatic N) is 5. The van der Waals surface area contributed by atoms with Gasteiger partial charge in [0.2, 0.25) is 17.7 Å². The number of piperidine rings is 2. The Morgan fingerprint density at radius 1 is 0.871 bits per heavy atom. The number of anilines is 1. The number of amides is 5. The molecule has 0 spiro atoms. The molecule has 1 unspecified atom stereocenters. The number of nitrogens with one attached hydrogen (secondary N) is 2. The van der Waals surface area contributed by atoms with Crippen molar-refractivity contribution in [2.45, 2.75) is 57.2 Å². The van der Waals surface area contributed by atoms with E-state index < -0.39 is 29.7 Å². The van der Waals surface area contributed by atoms with Crippen molar-refractivity contribution in [3.63, 3.8) is 0 Å². The lowest BCUT2D eigenvalue weighted by atomic mass is 9.91. The van der Waals surface area contributed by atoms with E-state index in [-0.39, 0.29) is 47.6 Å². The quantitative estimate of drug-likeness (QED) is 0.124. The van der Waals surface area contributed by atoms with Crippen LogP contribution in [0.5, 0.6) is 11.5 Å². The molecule has 8 rings (SSSR count). The van der Waals surface area contributed by atoms with E-state index in [0.29, 0.717) is 55.5 Å². The number of imide groups is 2. The Morgan fingerprint density at radius 2 is 1.61 bits per heavy atom. The first-order chi connectivity index (χ1) is 29.9. The molecule has 326 valence electrons. The molecule has 5 aliphatic rings. The minimum Gasteiger partial charge on any atom is -0.507 e. The molecule has 1 atom stereocenters. The number of ether oxygens (including phenoxy) is 1. The van der Waals surface area contributed by atoms with Gasteiger partial charge in [-0.3, -0.25) is 39.1 Å². The monoisotopic (exact) mass is 845 g/mol. The molecular weight excluding hydrogens is 791 g/mol. The second kappa shape index (κ2) is 18.2. The predicted octanol–water partition coefficient (Wildman–Crippen LogP) is 2.54. The maximum Gasteiger partial charge on any atom is 0.262 e. The average molecular weight is 846 g/mol. The van der Waals surface area contributed by atoms with Gasteiger partial charge in [0.25, 0.3) is 11.8 Å². The Balaban J connectivity index is 0.750. The van der Waals surface area contributed by atoms with Crippen LogP contribution in [0.1, 0.15) is 70.4 Å². The topological polar surface area (TPSA) is 207 Å². The van der Waals surface area contributed by atoms with Gasteiger partial charge in [-0.1, -0.05) is 24.3 Å². The van der Waals surface area contributed by atoms with Crippen LogP contribution in [0, 0.1) is 5.92 Å². The van der Waals surface area contributed by atoms with Crippen molar-refractivity contribution in [3.8, 4) is 11.5 Å². The van der Waals surface area contributed by atoms with E-state index in [1.807, 2.05) is 41.3 Å². The Labute approximate surface area is 361 Å². The van der Waals surface area contributed by atoms with Crippen LogP contribution in [0.25, 0.3) is 5.70 Å². The molecule has 0 aliphatic carbocycles. The van der Waals surface area contributed by atoms with Gasteiger partial charge in [0.1, 0.15) is 29.5 Å². The third-order valence-electron chi connectivity index (χ3n) is 12.7. The summed E-state index contributed by atoms with van der Waals surface area (Å²) in [5.41, 5.74) is 16.8. The van der Waals surface area contributed by atoms with Crippen LogP contribution >= 0.6 is 0 Å². The van der Waals surface area contributed by atoms with E-state index in [9.17, 15) is 29.1 Å². The molecular formula is C46H55N9O7. The largest absolute Gasteiger partial charge is 0.507 e. The number of aromatic hydroxyl groups is 1. The molecule has 3 aromatic rings. The van der Waals surface area contributed by atoms with E-state index in [1.165, 1.54) is 0 Å². The van der Waals surface area contributed by atoms with Crippen molar-refractivity contribution in [1.29, 1.82) is 0 Å². The van der Waals surface area contributed by atoms with Crippen molar-refractivity contribution < 1.29 is 33.8 Å². The number of fused-ring (bicyclic) bond motifs is 1. The number of carbonyl (C=O) groups excluding carboxylic acids is 5. The van der Waals surface area contributed by atoms with Crippen LogP contribution in [-0.2, 0) is 20.9 Å². The summed E-state index contributed by atoms with van der Waals surface area (Å²) in [5, 5.41) is 15.7. The van der Waals surface area contributed by atoms with Gasteiger partial charge in [-0.2, -0.15) is 0 Å². The van der Waals surface area contributed by atoms with E-state index >= 15 is 0 Å². The van der Waals surface area contributed by atoms with Crippen molar-refractivity contribution in [1.82, 2.24) is 30.2 Å². The minimum absolute atomic E-state index is 0.0374. The molecule has 16 heteroatoms. The molecule has 4 saturated heterocycles. The van der Waals surface area contributed by atoms with Gasteiger partial charge in [0.05, 0.1) is 29.9 Å². The van der Waals surface area contributed by atoms with Crippen molar-refractivity contribution in [2.24, 2.45) is 17.4 Å². The zero-order chi connectivity index (χ0) is 43.5. The number of likely N-dealkylation sites (tertiary alicyclic amines) is 1. The second-order valence-corrected chi connectivity index (χ2v) is 16.8. The minimum atomic E-state index is -0.988. The molecule has 0 aromatic heterocycles. The van der Waals surface area contributed by atoms with Crippen LogP contribution in [0.15, 0.2) is 84.3 Å². The highest BCUT2D eigenvalue weighted by Gasteiger charge is 2.45. The number of allylic oxidation sites excluding steroid dienone is 1. The number of phenolic OH excluding ortho intramolecular Hbond substituents is 1. The molecule has 16 nitrogen and oxygen atoms in total. The van der Waals surface area contributed by atoms with Crippen LogP contribution in [0.4, 0.5) is 5.69 Å². The fourth-order valence-corrected chi connectivity index (χ4v) is 9.13. The summed E-state index contributed by atoms with van der Waals surface area (Å²) in [5.74, 6) is -0.265. The highest BCUT2D eigenvalue weighted by molar-refractivity contribution is 6.23. The van der Waals surface area contributed by atoms with Gasteiger partial charge in [-0.25, -0.2) is 0 Å². The molecule has 3 aromatic carbocycles. The number of benzene rings is 3. The van der Waals surface area contributed by atoms with Gasteiger partial charge in [-0.05, 0) is 85.7 Å². The fourth-order valence-electron chi connectivity index (χ4n) is 9.13. The van der Waals surface area contributed by atoms with Crippen LogP contribution < -0.4 is 31.7 Å². The number of rotatable bonds is 13. The lowest BCUT2D eigenvalue weighted by molar-refractivity contribution is -0.136. The lowest BCUT2D eigenvalue weighted by Gasteiger charge is -2.41. The van der Waals surface area contributed by atoms with Gasteiger partial charge in [0, 0.05) is 82.7 Å². The molecule has 7 N–H and O–H groups in total. The Morgan fingerprint density at radius 3 is 2.32 bits per heavy atom. The third-order valence-corrected chi connectivity index (χ3v) is 12.7. The maximum absolute atomic E-state index is 13.3. The summed E-state index contributed by atoms with van der Waals surface area (Å²) in [6.45, 7) is 6.52. The van der Waals surface area contributed by atoms with Crippen LogP contribution in [0.3, 0.4) is 0 Å². The summed E-state index contributed by atoms with van der Waals surface area (Å²) in [7, 11) is 1.78. The molecule has 4 fully saturated rings. The molecule has 5 aliphatic heterocycles. The van der Waals surface area contributed by atoms with E-state index in [2.05, 4.69) is 37.5 Å². The van der Waals surface area contributed by atoms with Gasteiger partial charge in [0.15, 0.2) is 0 Å². The van der Waals surface area contributed by atoms with E-state index in [4.69, 9.17) is 16.2 Å². The molecule has 0 saturated carbocycles. The predicted molar refractivity (Wildman–Crippen MR) is 232 cm³/mol. The third kappa shape index (κ3) is 9.05. The van der Waals surface area contributed by atoms with Gasteiger partial charge in [-0.15, -0.1) is 0 Å². The summed E-state index contributed by atoms with van der Waals surface area (Å²) in [4.78, 5) is 73.4. The average Bonchev–Trinajstić information content (AvgIpc) is 3.50. The number of para-hydroxylation sites is 1. The normalized spacial score (nSPS) is 20.2. The fraction of sp³-hybridized carbons (Fsp3) is 0.413. The van der Waals surface area contributed by atoms with Gasteiger partial charge < -0.3 is 41.3 Å². The molecule has 62 heavy (non-hydrogen) atoms. The van der Waals surface area contributed by atoms with Crippen LogP contribution in [-0.4, -0.2) is 126 Å². The van der Waals surface area contributed by atoms with Crippen LogP contribution in [0.2, 0.25) is 0 Å². The van der Waals surface area contributed by atoms with Gasteiger partial charge >= 0.3 is 0 Å². The summed E-state index contributed by atoms with van der Waals surface area (Å²) in [6.07, 6.45) is 5.21. The smallest absolute Gasteiger partial charge is 0.262 e. The number of phenols is 1. The van der Waals surface area contributed by atoms with E-state index in [0.717, 1.165) is 73.9 Å². The Kier molecular flexibility index (Phi) is 12.4. The first-order valence-corrected chi connectivity index (χ1v) is 21.5. The maximum atomic E-state index is 13.3. The highest BCUT2D eigenvalue weighted by atomic mass is 16.5. The first-order valence-electron chi connectivity index (χ1n) is 21.5. The van der Waals surface area contributed by atoms with Crippen molar-refractivity contribution >= 4 is 40.9 Å². The molecule has 0 radical (unpaired) electrons. The number of hydrogen-bond donors (Lipinski definition) is 5. The zero-order valence-electron chi connectivity index (χ0n) is 35.1. The SMILES string of the molecule is CN/C(=C\C(=C(N)N)N1CC(Oc2cccc(CN3CCN(C(=O)CCC4CCN(c5ccc6c(c5)C(=O)N(C5CCC(=O)NC5=O)C6=O)CC4)CC3)c2)C1)c1ccccc1O. The number of nitrogens with two attached hydrogens (primary N) is 2. The summed E-state index contributed by atoms with van der Waals surface area (Å²) in [6, 6.07) is 19.5. The number of piperazine rings is 1. The Bertz CT molecular complexity index is 2290. The van der Waals surface area contributed by atoms with Crippen molar-refractivity contribution in [3.05, 3.63) is 107 Å². The summed E-state index contributed by atoms with van der Waals surface area (Å²) < 4.78 is 6.34. The molecule has 5 amide bonds. The standard InChI is InChI=1S/C46H55N9O7/c1-49-37(35-7-2-3-8-40(35)56)25-39(43(47)48)54-27-33(28-54)62-32-6-4-5-30(23-32)26-51-19-21-53(22-20-51)42(58)14-9-29-15-17-52(18-16-29)31-10-11-34-36(24-31)46(61)55(45(34)60)38-12-13-41(57)50-44(38)59/h2-8,10-11,23-25,29,33,38,49,56H,9,12-22,26-28,47-48H2,1H3,(H,50,57,59)/b37-25-. The van der Waals surface area contributed by atoms with E-state index in [1.54, 1.807) is 31.3 Å². The number of carbonyl (C=O) groups is 5.